The van der Waals surface area contributed by atoms with Gasteiger partial charge in [-0.3, -0.25) is 4.79 Å². The van der Waals surface area contributed by atoms with Crippen LogP contribution in [-0.2, 0) is 0 Å². The molecule has 0 saturated heterocycles. The highest BCUT2D eigenvalue weighted by molar-refractivity contribution is 8.23. The fourth-order valence-corrected chi connectivity index (χ4v) is 2.42. The number of rotatable bonds is 4. The van der Waals surface area contributed by atoms with E-state index in [0.29, 0.717) is 4.32 Å². The van der Waals surface area contributed by atoms with Gasteiger partial charge in [-0.1, -0.05) is 36.1 Å². The topological polar surface area (TPSA) is 29.1 Å². The first-order valence-electron chi connectivity index (χ1n) is 4.98. The largest absolute Gasteiger partial charge is 0.307 e. The zero-order valence-electron chi connectivity index (χ0n) is 8.98. The van der Waals surface area contributed by atoms with Crippen LogP contribution in [-0.4, -0.2) is 21.7 Å². The Hall–Kier alpha value is -0.590. The number of amides is 1. The number of hydrogen-bond acceptors (Lipinski definition) is 4. The summed E-state index contributed by atoms with van der Waals surface area (Å²) in [6.45, 7) is 0. The molecule has 1 amide bonds. The van der Waals surface area contributed by atoms with Gasteiger partial charge in [-0.05, 0) is 24.3 Å². The molecule has 0 aliphatic carbocycles. The smallest absolute Gasteiger partial charge is 0.259 e. The fraction of sp³-hybridized carbons (Fsp3) is 0.273. The summed E-state index contributed by atoms with van der Waals surface area (Å²) in [4.78, 5) is 11.6. The van der Waals surface area contributed by atoms with Gasteiger partial charge in [-0.15, -0.1) is 0 Å². The Labute approximate surface area is 115 Å². The number of nitrogens with one attached hydrogen (secondary N) is 1. The standard InChI is InChI=1S/C11H12FNOS3/c12-9-5-2-1-4-8(9)10(14)13-11(16)17-7-3-6-15/h1-2,4-5,15H,3,6-7H2,(H,13,14,16). The Morgan fingerprint density at radius 3 is 2.82 bits per heavy atom. The second-order valence-electron chi connectivity index (χ2n) is 3.15. The van der Waals surface area contributed by atoms with Crippen LogP contribution in [0.4, 0.5) is 4.39 Å². The Morgan fingerprint density at radius 2 is 2.18 bits per heavy atom. The average molecular weight is 289 g/mol. The molecule has 0 heterocycles. The van der Waals surface area contributed by atoms with Crippen molar-refractivity contribution >= 4 is 46.8 Å². The van der Waals surface area contributed by atoms with E-state index in [1.54, 1.807) is 6.07 Å². The molecular formula is C11H12FNOS3. The molecule has 1 N–H and O–H groups in total. The number of thiol groups is 1. The van der Waals surface area contributed by atoms with Crippen LogP contribution in [0.1, 0.15) is 16.8 Å². The summed E-state index contributed by atoms with van der Waals surface area (Å²) < 4.78 is 13.6. The number of halogens is 1. The van der Waals surface area contributed by atoms with Gasteiger partial charge in [0.05, 0.1) is 5.56 Å². The molecule has 0 aliphatic heterocycles. The number of benzene rings is 1. The summed E-state index contributed by atoms with van der Waals surface area (Å²) in [6, 6.07) is 5.80. The van der Waals surface area contributed by atoms with E-state index >= 15 is 0 Å². The molecule has 0 bridgehead atoms. The van der Waals surface area contributed by atoms with E-state index < -0.39 is 11.7 Å². The summed E-state index contributed by atoms with van der Waals surface area (Å²) in [7, 11) is 0. The van der Waals surface area contributed by atoms with Crippen LogP contribution in [0, 0.1) is 5.82 Å². The molecule has 1 aromatic rings. The van der Waals surface area contributed by atoms with Gasteiger partial charge in [0, 0.05) is 5.75 Å². The van der Waals surface area contributed by atoms with Crippen molar-refractivity contribution in [1.82, 2.24) is 5.32 Å². The third-order valence-electron chi connectivity index (χ3n) is 1.87. The van der Waals surface area contributed by atoms with E-state index in [4.69, 9.17) is 12.2 Å². The second-order valence-corrected chi connectivity index (χ2v) is 5.37. The number of thioether (sulfide) groups is 1. The lowest BCUT2D eigenvalue weighted by atomic mass is 10.2. The molecule has 17 heavy (non-hydrogen) atoms. The van der Waals surface area contributed by atoms with Crippen LogP contribution in [0.5, 0.6) is 0 Å². The number of carbonyl (C=O) groups excluding carboxylic acids is 1. The van der Waals surface area contributed by atoms with Crippen LogP contribution >= 0.6 is 36.6 Å². The molecule has 1 aromatic carbocycles. The number of thiocarbonyl (C=S) groups is 1. The van der Waals surface area contributed by atoms with Crippen molar-refractivity contribution < 1.29 is 9.18 Å². The third kappa shape index (κ3) is 5.06. The predicted octanol–water partition coefficient (Wildman–Crippen LogP) is 2.89. The molecule has 0 aromatic heterocycles. The van der Waals surface area contributed by atoms with Gasteiger partial charge in [-0.2, -0.15) is 12.6 Å². The zero-order chi connectivity index (χ0) is 12.7. The van der Waals surface area contributed by atoms with E-state index in [9.17, 15) is 9.18 Å². The van der Waals surface area contributed by atoms with Crippen molar-refractivity contribution in [3.8, 4) is 0 Å². The zero-order valence-corrected chi connectivity index (χ0v) is 11.5. The van der Waals surface area contributed by atoms with Crippen LogP contribution < -0.4 is 5.32 Å². The van der Waals surface area contributed by atoms with Crippen molar-refractivity contribution in [2.45, 2.75) is 6.42 Å². The summed E-state index contributed by atoms with van der Waals surface area (Å²) >= 11 is 10.4. The van der Waals surface area contributed by atoms with Crippen molar-refractivity contribution in [3.63, 3.8) is 0 Å². The Bertz CT molecular complexity index is 411. The first kappa shape index (κ1) is 14.5. The van der Waals surface area contributed by atoms with Crippen molar-refractivity contribution in [2.24, 2.45) is 0 Å². The van der Waals surface area contributed by atoms with E-state index in [2.05, 4.69) is 17.9 Å². The third-order valence-corrected chi connectivity index (χ3v) is 3.50. The quantitative estimate of drug-likeness (QED) is 0.507. The van der Waals surface area contributed by atoms with Crippen molar-refractivity contribution in [1.29, 1.82) is 0 Å². The van der Waals surface area contributed by atoms with Gasteiger partial charge in [-0.25, -0.2) is 4.39 Å². The minimum Gasteiger partial charge on any atom is -0.307 e. The molecule has 0 spiro atoms. The number of carbonyl (C=O) groups is 1. The van der Waals surface area contributed by atoms with Crippen LogP contribution in [0.25, 0.3) is 0 Å². The van der Waals surface area contributed by atoms with Crippen molar-refractivity contribution in [2.75, 3.05) is 11.5 Å². The molecule has 92 valence electrons. The maximum absolute atomic E-state index is 13.3. The maximum Gasteiger partial charge on any atom is 0.259 e. The Morgan fingerprint density at radius 1 is 1.47 bits per heavy atom. The predicted molar refractivity (Wildman–Crippen MR) is 77.4 cm³/mol. The van der Waals surface area contributed by atoms with Gasteiger partial charge < -0.3 is 5.32 Å². The lowest BCUT2D eigenvalue weighted by Gasteiger charge is -2.06. The summed E-state index contributed by atoms with van der Waals surface area (Å²) in [5.74, 6) is 0.510. The Kier molecular flexibility index (Phi) is 6.54. The van der Waals surface area contributed by atoms with E-state index in [0.717, 1.165) is 17.9 Å². The normalized spacial score (nSPS) is 10.0. The second kappa shape index (κ2) is 7.68. The molecule has 2 nitrogen and oxygen atoms in total. The fourth-order valence-electron chi connectivity index (χ4n) is 1.07. The van der Waals surface area contributed by atoms with Gasteiger partial charge in [0.25, 0.3) is 5.91 Å². The molecule has 0 unspecified atom stereocenters. The van der Waals surface area contributed by atoms with Gasteiger partial charge >= 0.3 is 0 Å². The molecule has 6 heteroatoms. The van der Waals surface area contributed by atoms with Crippen LogP contribution in [0.2, 0.25) is 0 Å². The first-order valence-corrected chi connectivity index (χ1v) is 7.01. The molecule has 0 saturated carbocycles. The Balaban J connectivity index is 2.49. The highest BCUT2D eigenvalue weighted by Crippen LogP contribution is 2.09. The SMILES string of the molecule is O=C(NC(=S)SCCCS)c1ccccc1F. The average Bonchev–Trinajstić information content (AvgIpc) is 2.29. The minimum atomic E-state index is -0.548. The van der Waals surface area contributed by atoms with Crippen LogP contribution in [0.3, 0.4) is 0 Å². The molecule has 0 aliphatic rings. The van der Waals surface area contributed by atoms with E-state index in [-0.39, 0.29) is 5.56 Å². The van der Waals surface area contributed by atoms with E-state index in [1.807, 2.05) is 0 Å². The monoisotopic (exact) mass is 289 g/mol. The highest BCUT2D eigenvalue weighted by Gasteiger charge is 2.11. The number of hydrogen-bond donors (Lipinski definition) is 2. The summed E-state index contributed by atoms with van der Waals surface area (Å²) in [5.41, 5.74) is 0.00430. The van der Waals surface area contributed by atoms with Crippen LogP contribution in [0.15, 0.2) is 24.3 Å². The lowest BCUT2D eigenvalue weighted by molar-refractivity contribution is 0.0974. The van der Waals surface area contributed by atoms with E-state index in [1.165, 1.54) is 30.0 Å². The highest BCUT2D eigenvalue weighted by atomic mass is 32.2. The molecule has 0 radical (unpaired) electrons. The molecule has 1 rings (SSSR count). The first-order chi connectivity index (χ1) is 8.15. The van der Waals surface area contributed by atoms with Crippen molar-refractivity contribution in [3.05, 3.63) is 35.6 Å². The maximum atomic E-state index is 13.3. The molecule has 0 atom stereocenters. The van der Waals surface area contributed by atoms with Gasteiger partial charge in [0.1, 0.15) is 10.1 Å². The molecule has 0 fully saturated rings. The summed E-state index contributed by atoms with van der Waals surface area (Å²) in [5, 5.41) is 2.49. The minimum absolute atomic E-state index is 0.00430. The van der Waals surface area contributed by atoms with Gasteiger partial charge in [0.15, 0.2) is 0 Å². The summed E-state index contributed by atoms with van der Waals surface area (Å²) in [6.07, 6.45) is 0.906. The van der Waals surface area contributed by atoms with Gasteiger partial charge in [0.2, 0.25) is 0 Å². The molecular weight excluding hydrogens is 277 g/mol. The lowest BCUT2D eigenvalue weighted by Crippen LogP contribution is -2.27.